The molecule has 1 aliphatic heterocycles. The van der Waals surface area contributed by atoms with Crippen molar-refractivity contribution in [3.63, 3.8) is 0 Å². The van der Waals surface area contributed by atoms with Gasteiger partial charge in [-0.1, -0.05) is 12.1 Å². The number of thioether (sulfide) groups is 1. The second-order valence-electron chi connectivity index (χ2n) is 4.49. The molecule has 1 heterocycles. The summed E-state index contributed by atoms with van der Waals surface area (Å²) in [5.41, 5.74) is 0.848. The molecule has 110 valence electrons. The van der Waals surface area contributed by atoms with Gasteiger partial charge in [0.05, 0.1) is 6.10 Å². The van der Waals surface area contributed by atoms with Crippen LogP contribution in [0.3, 0.4) is 0 Å². The lowest BCUT2D eigenvalue weighted by Gasteiger charge is -2.20. The van der Waals surface area contributed by atoms with Crippen molar-refractivity contribution in [1.82, 2.24) is 5.32 Å². The minimum absolute atomic E-state index is 0.532. The Balaban J connectivity index is 1.77. The molecule has 0 saturated carbocycles. The molecule has 1 aromatic rings. The molecule has 2 N–H and O–H groups in total. The highest BCUT2D eigenvalue weighted by Crippen LogP contribution is 2.32. The maximum absolute atomic E-state index is 10.1. The molecular weight excluding hydrogens is 274 g/mol. The monoisotopic (exact) mass is 295 g/mol. The zero-order valence-corrected chi connectivity index (χ0v) is 12.3. The van der Waals surface area contributed by atoms with Crippen LogP contribution in [0.5, 0.6) is 11.5 Å². The first-order valence-electron chi connectivity index (χ1n) is 6.78. The summed E-state index contributed by atoms with van der Waals surface area (Å²) >= 11 is 1.82. The predicted molar refractivity (Wildman–Crippen MR) is 82.8 cm³/mol. The van der Waals surface area contributed by atoms with Gasteiger partial charge in [0.25, 0.3) is 0 Å². The van der Waals surface area contributed by atoms with Gasteiger partial charge in [0.15, 0.2) is 11.5 Å². The lowest BCUT2D eigenvalue weighted by Crippen LogP contribution is -2.24. The highest BCUT2D eigenvalue weighted by Gasteiger charge is 2.15. The van der Waals surface area contributed by atoms with Crippen molar-refractivity contribution < 1.29 is 14.6 Å². The number of aliphatic hydroxyl groups is 1. The van der Waals surface area contributed by atoms with E-state index in [0.29, 0.717) is 25.5 Å². The third-order valence-corrected chi connectivity index (χ3v) is 3.91. The van der Waals surface area contributed by atoms with Crippen LogP contribution in [0.4, 0.5) is 0 Å². The zero-order chi connectivity index (χ0) is 14.2. The highest BCUT2D eigenvalue weighted by atomic mass is 32.2. The molecule has 1 atom stereocenters. The number of fused-ring (bicyclic) bond motifs is 1. The van der Waals surface area contributed by atoms with E-state index in [9.17, 15) is 5.11 Å². The maximum atomic E-state index is 10.1. The first kappa shape index (κ1) is 15.2. The molecule has 0 aromatic heterocycles. The van der Waals surface area contributed by atoms with E-state index in [1.54, 1.807) is 0 Å². The van der Waals surface area contributed by atoms with Gasteiger partial charge in [0, 0.05) is 24.6 Å². The number of hydrogen-bond donors (Lipinski definition) is 2. The zero-order valence-electron chi connectivity index (χ0n) is 11.5. The smallest absolute Gasteiger partial charge is 0.161 e. The van der Waals surface area contributed by atoms with Gasteiger partial charge >= 0.3 is 0 Å². The Kier molecular flexibility index (Phi) is 6.24. The molecule has 4 nitrogen and oxygen atoms in total. The van der Waals surface area contributed by atoms with Gasteiger partial charge in [-0.05, 0) is 17.7 Å². The van der Waals surface area contributed by atoms with Crippen molar-refractivity contribution in [1.29, 1.82) is 0 Å². The number of hydrogen-bond acceptors (Lipinski definition) is 5. The van der Waals surface area contributed by atoms with Crippen molar-refractivity contribution in [3.8, 4) is 11.5 Å². The van der Waals surface area contributed by atoms with Crippen LogP contribution in [0.25, 0.3) is 0 Å². The van der Waals surface area contributed by atoms with E-state index in [2.05, 4.69) is 11.9 Å². The fourth-order valence-electron chi connectivity index (χ4n) is 1.93. The van der Waals surface area contributed by atoms with Crippen LogP contribution in [0.2, 0.25) is 0 Å². The number of ether oxygens (including phenoxy) is 2. The molecule has 20 heavy (non-hydrogen) atoms. The van der Waals surface area contributed by atoms with Crippen LogP contribution >= 0.6 is 11.8 Å². The summed E-state index contributed by atoms with van der Waals surface area (Å²) in [7, 11) is 0. The molecule has 5 heteroatoms. The van der Waals surface area contributed by atoms with Gasteiger partial charge in [-0.25, -0.2) is 0 Å². The highest BCUT2D eigenvalue weighted by molar-refractivity contribution is 7.99. The van der Waals surface area contributed by atoms with Crippen molar-refractivity contribution in [2.45, 2.75) is 6.10 Å². The molecular formula is C15H21NO3S. The van der Waals surface area contributed by atoms with Crippen LogP contribution in [0.1, 0.15) is 11.7 Å². The first-order valence-corrected chi connectivity index (χ1v) is 7.93. The number of nitrogens with one attached hydrogen (secondary N) is 1. The first-order chi connectivity index (χ1) is 9.81. The number of rotatable bonds is 8. The Bertz CT molecular complexity index is 439. The molecule has 1 aromatic carbocycles. The van der Waals surface area contributed by atoms with Crippen molar-refractivity contribution >= 4 is 11.8 Å². The van der Waals surface area contributed by atoms with Crippen LogP contribution in [0.15, 0.2) is 30.9 Å². The molecule has 0 fully saturated rings. The van der Waals surface area contributed by atoms with Crippen molar-refractivity contribution in [2.75, 3.05) is 37.8 Å². The topological polar surface area (TPSA) is 50.7 Å². The van der Waals surface area contributed by atoms with E-state index in [-0.39, 0.29) is 0 Å². The molecule has 0 spiro atoms. The Morgan fingerprint density at radius 1 is 1.35 bits per heavy atom. The molecule has 0 radical (unpaired) electrons. The summed E-state index contributed by atoms with van der Waals surface area (Å²) < 4.78 is 11.0. The fraction of sp³-hybridized carbons (Fsp3) is 0.467. The second kappa shape index (κ2) is 8.19. The van der Waals surface area contributed by atoms with Crippen LogP contribution in [-0.4, -0.2) is 42.9 Å². The van der Waals surface area contributed by atoms with Crippen LogP contribution in [-0.2, 0) is 0 Å². The van der Waals surface area contributed by atoms with E-state index in [1.165, 1.54) is 0 Å². The standard InChI is InChI=1S/C15H21NO3S/c1-2-8-20-9-5-16-11-13(17)12-3-4-14-15(10-12)19-7-6-18-14/h2-4,10,13,16-17H,1,5-9,11H2. The summed E-state index contributed by atoms with van der Waals surface area (Å²) in [5.74, 6) is 3.45. The third kappa shape index (κ3) is 4.44. The maximum Gasteiger partial charge on any atom is 0.161 e. The fourth-order valence-corrected chi connectivity index (χ4v) is 2.56. The largest absolute Gasteiger partial charge is 0.486 e. The minimum Gasteiger partial charge on any atom is -0.486 e. The average molecular weight is 295 g/mol. The number of benzene rings is 1. The second-order valence-corrected chi connectivity index (χ2v) is 5.64. The Hall–Kier alpha value is -1.17. The van der Waals surface area contributed by atoms with Gasteiger partial charge in [0.1, 0.15) is 13.2 Å². The molecule has 0 bridgehead atoms. The van der Waals surface area contributed by atoms with E-state index in [1.807, 2.05) is 36.0 Å². The van der Waals surface area contributed by atoms with E-state index in [4.69, 9.17) is 9.47 Å². The normalized spacial score (nSPS) is 14.8. The van der Waals surface area contributed by atoms with E-state index >= 15 is 0 Å². The summed E-state index contributed by atoms with van der Waals surface area (Å²) in [6, 6.07) is 5.59. The Morgan fingerprint density at radius 3 is 2.95 bits per heavy atom. The molecule has 0 amide bonds. The minimum atomic E-state index is -0.532. The molecule has 1 unspecified atom stereocenters. The van der Waals surface area contributed by atoms with Crippen molar-refractivity contribution in [2.24, 2.45) is 0 Å². The summed E-state index contributed by atoms with van der Waals surface area (Å²) in [6.07, 6.45) is 1.37. The van der Waals surface area contributed by atoms with Gasteiger partial charge in [-0.15, -0.1) is 6.58 Å². The van der Waals surface area contributed by atoms with Gasteiger partial charge in [-0.3, -0.25) is 0 Å². The van der Waals surface area contributed by atoms with Gasteiger partial charge in [-0.2, -0.15) is 11.8 Å². The molecule has 2 rings (SSSR count). The Morgan fingerprint density at radius 2 is 2.15 bits per heavy atom. The predicted octanol–water partition coefficient (Wildman–Crippen LogP) is 2.00. The Labute approximate surface area is 124 Å². The average Bonchev–Trinajstić information content (AvgIpc) is 2.50. The quantitative estimate of drug-likeness (QED) is 0.567. The van der Waals surface area contributed by atoms with Gasteiger partial charge < -0.3 is 19.9 Å². The van der Waals surface area contributed by atoms with E-state index < -0.39 is 6.10 Å². The lowest BCUT2D eigenvalue weighted by molar-refractivity contribution is 0.163. The van der Waals surface area contributed by atoms with Crippen LogP contribution < -0.4 is 14.8 Å². The summed E-state index contributed by atoms with van der Waals surface area (Å²) in [5, 5.41) is 13.4. The summed E-state index contributed by atoms with van der Waals surface area (Å²) in [4.78, 5) is 0. The van der Waals surface area contributed by atoms with Gasteiger partial charge in [0.2, 0.25) is 0 Å². The van der Waals surface area contributed by atoms with Crippen molar-refractivity contribution in [3.05, 3.63) is 36.4 Å². The van der Waals surface area contributed by atoms with E-state index in [0.717, 1.165) is 29.4 Å². The molecule has 1 aliphatic rings. The molecule has 0 aliphatic carbocycles. The number of aliphatic hydroxyl groups excluding tert-OH is 1. The third-order valence-electron chi connectivity index (χ3n) is 2.95. The SMILES string of the molecule is C=CCSCCNCC(O)c1ccc2c(c1)OCCO2. The lowest BCUT2D eigenvalue weighted by atomic mass is 10.1. The van der Waals surface area contributed by atoms with Crippen LogP contribution in [0, 0.1) is 0 Å². The molecule has 0 saturated heterocycles. The summed E-state index contributed by atoms with van der Waals surface area (Å²) in [6.45, 7) is 6.23.